The second-order valence-electron chi connectivity index (χ2n) is 10.2. The van der Waals surface area contributed by atoms with Gasteiger partial charge in [0.15, 0.2) is 23.2 Å². The molecule has 1 fully saturated rings. The smallest absolute Gasteiger partial charge is 0.246 e. The van der Waals surface area contributed by atoms with Gasteiger partial charge in [0.25, 0.3) is 0 Å². The van der Waals surface area contributed by atoms with Gasteiger partial charge in [0.05, 0.1) is 23.0 Å². The third-order valence-corrected chi connectivity index (χ3v) is 9.52. The average molecular weight is 583 g/mol. The normalized spacial score (nSPS) is 18.9. The molecule has 0 spiro atoms. The van der Waals surface area contributed by atoms with Crippen molar-refractivity contribution in [2.75, 3.05) is 13.1 Å². The molecule has 210 valence electrons. The molecule has 0 N–H and O–H groups in total. The summed E-state index contributed by atoms with van der Waals surface area (Å²) < 4.78 is 85.5. The first kappa shape index (κ1) is 27.0. The van der Waals surface area contributed by atoms with Crippen LogP contribution in [0.5, 0.6) is 0 Å². The van der Waals surface area contributed by atoms with Crippen LogP contribution in [0.3, 0.4) is 0 Å². The third kappa shape index (κ3) is 4.38. The first-order valence-corrected chi connectivity index (χ1v) is 14.1. The minimum Gasteiger partial charge on any atom is -0.291 e. The molecule has 0 unspecified atom stereocenters. The van der Waals surface area contributed by atoms with Gasteiger partial charge in [-0.3, -0.25) is 9.78 Å². The van der Waals surface area contributed by atoms with Crippen molar-refractivity contribution < 1.29 is 30.8 Å². The van der Waals surface area contributed by atoms with Gasteiger partial charge in [-0.15, -0.1) is 0 Å². The predicted octanol–water partition coefficient (Wildman–Crippen LogP) is 5.04. The van der Waals surface area contributed by atoms with Crippen molar-refractivity contribution in [2.24, 2.45) is 5.41 Å². The number of benzene rings is 2. The maximum Gasteiger partial charge on any atom is 0.246 e. The average Bonchev–Trinajstić information content (AvgIpc) is 3.36. The van der Waals surface area contributed by atoms with Gasteiger partial charge in [-0.05, 0) is 85.5 Å². The Kier molecular flexibility index (Phi) is 6.42. The zero-order valence-corrected chi connectivity index (χ0v) is 22.4. The van der Waals surface area contributed by atoms with E-state index in [9.17, 15) is 30.8 Å². The quantitative estimate of drug-likeness (QED) is 0.187. The number of carbonyl (C=O) groups excluding carboxylic acids is 1. The summed E-state index contributed by atoms with van der Waals surface area (Å²) >= 11 is 0. The van der Waals surface area contributed by atoms with Crippen LogP contribution in [0.15, 0.2) is 71.4 Å². The number of fused-ring (bicyclic) bond motifs is 2. The Hall–Kier alpha value is -4.16. The Morgan fingerprint density at radius 1 is 1.00 bits per heavy atom. The van der Waals surface area contributed by atoms with Gasteiger partial charge in [0, 0.05) is 19.3 Å². The van der Waals surface area contributed by atoms with Crippen molar-refractivity contribution in [3.8, 4) is 5.69 Å². The van der Waals surface area contributed by atoms with E-state index >= 15 is 0 Å². The number of aryl methyl sites for hydroxylation is 1. The van der Waals surface area contributed by atoms with E-state index in [0.717, 1.165) is 9.87 Å². The summed E-state index contributed by atoms with van der Waals surface area (Å²) in [5.41, 5.74) is 1.99. The molecule has 3 heterocycles. The molecule has 41 heavy (non-hydrogen) atoms. The summed E-state index contributed by atoms with van der Waals surface area (Å²) in [4.78, 5) is 17.5. The topological polar surface area (TPSA) is 85.2 Å². The van der Waals surface area contributed by atoms with Crippen LogP contribution in [0.2, 0.25) is 0 Å². The molecule has 4 aromatic rings. The summed E-state index contributed by atoms with van der Waals surface area (Å²) in [6.45, 7) is 1.28. The van der Waals surface area contributed by atoms with Crippen molar-refractivity contribution in [1.82, 2.24) is 19.1 Å². The number of aromatic nitrogens is 3. The summed E-state index contributed by atoms with van der Waals surface area (Å²) in [6.07, 6.45) is 4.97. The maximum absolute atomic E-state index is 14.7. The van der Waals surface area contributed by atoms with Crippen LogP contribution < -0.4 is 0 Å². The van der Waals surface area contributed by atoms with E-state index in [1.165, 1.54) is 18.3 Å². The Morgan fingerprint density at radius 2 is 1.76 bits per heavy atom. The highest BCUT2D eigenvalue weighted by Gasteiger charge is 2.51. The summed E-state index contributed by atoms with van der Waals surface area (Å²) in [7, 11) is -4.67. The summed E-state index contributed by atoms with van der Waals surface area (Å²) in [5.74, 6) is -6.07. The first-order chi connectivity index (χ1) is 19.5. The number of piperidine rings is 1. The number of Topliss-reactive ketones (excluding diaryl/α,β-unsaturated/α-hetero) is 1. The Balaban J connectivity index is 1.47. The zero-order chi connectivity index (χ0) is 29.1. The van der Waals surface area contributed by atoms with Gasteiger partial charge in [0.2, 0.25) is 10.0 Å². The summed E-state index contributed by atoms with van der Waals surface area (Å²) in [5, 5.41) is 4.44. The monoisotopic (exact) mass is 582 g/mol. The van der Waals surface area contributed by atoms with Crippen molar-refractivity contribution in [2.45, 2.75) is 24.7 Å². The van der Waals surface area contributed by atoms with E-state index in [0.29, 0.717) is 34.7 Å². The fourth-order valence-electron chi connectivity index (χ4n) is 5.56. The van der Waals surface area contributed by atoms with E-state index in [4.69, 9.17) is 0 Å². The molecule has 0 amide bonds. The molecule has 0 saturated carbocycles. The first-order valence-electron chi connectivity index (χ1n) is 12.7. The SMILES string of the molecule is Cc1ccnc(C(=O)[C@]23Cc4cnn(-c5ccc(F)cc5)c4C=C2CCN(S(=O)(=O)c2ccc(F)c(F)c2F)C3)c1. The Labute approximate surface area is 232 Å². The Bertz CT molecular complexity index is 1850. The highest BCUT2D eigenvalue weighted by Crippen LogP contribution is 2.47. The lowest BCUT2D eigenvalue weighted by atomic mass is 9.65. The van der Waals surface area contributed by atoms with Gasteiger partial charge in [-0.25, -0.2) is 30.7 Å². The van der Waals surface area contributed by atoms with Crippen LogP contribution in [0, 0.1) is 35.6 Å². The fourth-order valence-corrected chi connectivity index (χ4v) is 7.12. The number of rotatable bonds is 5. The number of pyridine rings is 1. The number of hydrogen-bond acceptors (Lipinski definition) is 5. The fraction of sp³-hybridized carbons (Fsp3) is 0.207. The molecule has 2 aromatic heterocycles. The lowest BCUT2D eigenvalue weighted by molar-refractivity contribution is 0.0770. The molecule has 6 rings (SSSR count). The van der Waals surface area contributed by atoms with Gasteiger partial charge in [0.1, 0.15) is 16.4 Å². The second-order valence-corrected chi connectivity index (χ2v) is 12.1. The number of hydrogen-bond donors (Lipinski definition) is 0. The molecule has 1 saturated heterocycles. The molecule has 2 aliphatic rings. The Morgan fingerprint density at radius 3 is 2.49 bits per heavy atom. The molecular formula is C29H22F4N4O3S. The van der Waals surface area contributed by atoms with E-state index in [2.05, 4.69) is 10.1 Å². The number of sulfonamides is 1. The van der Waals surface area contributed by atoms with Crippen molar-refractivity contribution in [3.63, 3.8) is 0 Å². The highest BCUT2D eigenvalue weighted by atomic mass is 32.2. The minimum atomic E-state index is -4.67. The summed E-state index contributed by atoms with van der Waals surface area (Å²) in [6, 6.07) is 10.3. The molecule has 1 aliphatic carbocycles. The van der Waals surface area contributed by atoms with E-state index < -0.39 is 49.4 Å². The van der Waals surface area contributed by atoms with Crippen molar-refractivity contribution in [3.05, 3.63) is 112 Å². The van der Waals surface area contributed by atoms with E-state index in [1.807, 2.05) is 0 Å². The molecule has 1 aliphatic heterocycles. The van der Waals surface area contributed by atoms with Crippen molar-refractivity contribution in [1.29, 1.82) is 0 Å². The molecule has 0 radical (unpaired) electrons. The molecular weight excluding hydrogens is 560 g/mol. The van der Waals surface area contributed by atoms with Crippen LogP contribution in [-0.4, -0.2) is 46.4 Å². The van der Waals surface area contributed by atoms with E-state index in [-0.39, 0.29) is 31.6 Å². The van der Waals surface area contributed by atoms with Crippen LogP contribution in [-0.2, 0) is 16.4 Å². The third-order valence-electron chi connectivity index (χ3n) is 7.65. The highest BCUT2D eigenvalue weighted by molar-refractivity contribution is 7.89. The number of carbonyl (C=O) groups is 1. The maximum atomic E-state index is 14.7. The molecule has 1 atom stereocenters. The number of ketones is 1. The van der Waals surface area contributed by atoms with Crippen molar-refractivity contribution >= 4 is 21.9 Å². The van der Waals surface area contributed by atoms with Gasteiger partial charge >= 0.3 is 0 Å². The van der Waals surface area contributed by atoms with Crippen LogP contribution in [0.4, 0.5) is 17.6 Å². The van der Waals surface area contributed by atoms with Crippen LogP contribution in [0.25, 0.3) is 11.8 Å². The number of halogens is 4. The van der Waals surface area contributed by atoms with Crippen LogP contribution in [0.1, 0.15) is 33.7 Å². The lowest BCUT2D eigenvalue weighted by Crippen LogP contribution is -2.53. The van der Waals surface area contributed by atoms with Gasteiger partial charge in [-0.2, -0.15) is 9.40 Å². The molecule has 7 nitrogen and oxygen atoms in total. The molecule has 2 aromatic carbocycles. The standard InChI is InChI=1S/C29H22F4N4O3S/c1-17-8-10-34-23(12-17)28(38)29-14-18-15-35-37(21-4-2-20(30)3-5-21)24(18)13-19(29)9-11-36(16-29)41(39,40)25-7-6-22(31)26(32)27(25)33/h2-8,10,12-13,15H,9,11,14,16H2,1H3/t29-/m0/s1. The zero-order valence-electron chi connectivity index (χ0n) is 21.6. The second kappa shape index (κ2) is 9.74. The molecule has 0 bridgehead atoms. The molecule has 12 heteroatoms. The largest absolute Gasteiger partial charge is 0.291 e. The predicted molar refractivity (Wildman–Crippen MR) is 141 cm³/mol. The van der Waals surface area contributed by atoms with E-state index in [1.54, 1.807) is 48.1 Å². The lowest BCUT2D eigenvalue weighted by Gasteiger charge is -2.44. The van der Waals surface area contributed by atoms with Gasteiger partial charge < -0.3 is 0 Å². The number of nitrogens with zero attached hydrogens (tertiary/aromatic N) is 4. The minimum absolute atomic E-state index is 0.0517. The van der Waals surface area contributed by atoms with Gasteiger partial charge in [-0.1, -0.05) is 5.57 Å². The van der Waals surface area contributed by atoms with Crippen LogP contribution >= 0.6 is 0 Å².